The van der Waals surface area contributed by atoms with Crippen LogP contribution < -0.4 is 5.32 Å². The molecule has 112 valence electrons. The second-order valence-electron chi connectivity index (χ2n) is 4.17. The van der Waals surface area contributed by atoms with Gasteiger partial charge in [0.15, 0.2) is 8.68 Å². The van der Waals surface area contributed by atoms with E-state index in [2.05, 4.69) is 31.4 Å². The van der Waals surface area contributed by atoms with Crippen molar-refractivity contribution in [3.05, 3.63) is 34.3 Å². The maximum atomic E-state index is 12.0. The molecule has 8 heteroatoms. The van der Waals surface area contributed by atoms with Gasteiger partial charge in [0, 0.05) is 4.47 Å². The van der Waals surface area contributed by atoms with Gasteiger partial charge in [-0.15, -0.1) is 10.2 Å². The zero-order valence-corrected chi connectivity index (χ0v) is 15.5. The van der Waals surface area contributed by atoms with E-state index in [-0.39, 0.29) is 11.9 Å². The fourth-order valence-corrected chi connectivity index (χ4v) is 4.10. The number of aromatic nitrogens is 2. The van der Waals surface area contributed by atoms with E-state index in [1.807, 2.05) is 37.4 Å². The molecule has 0 aliphatic rings. The molecule has 0 fully saturated rings. The Kier molecular flexibility index (Phi) is 6.53. The quantitative estimate of drug-likeness (QED) is 0.738. The number of hydrogen-bond acceptors (Lipinski definition) is 6. The lowest BCUT2D eigenvalue weighted by atomic mass is 10.1. The molecule has 1 amide bonds. The number of rotatable bonds is 6. The Morgan fingerprint density at radius 2 is 2.00 bits per heavy atom. The molecule has 1 heterocycles. The molecule has 21 heavy (non-hydrogen) atoms. The molecular formula is C13H14BrN3OS3. The monoisotopic (exact) mass is 403 g/mol. The number of amides is 1. The Morgan fingerprint density at radius 3 is 2.62 bits per heavy atom. The molecule has 0 radical (unpaired) electrons. The predicted molar refractivity (Wildman–Crippen MR) is 93.1 cm³/mol. The predicted octanol–water partition coefficient (Wildman–Crippen LogP) is 3.99. The summed E-state index contributed by atoms with van der Waals surface area (Å²) >= 11 is 7.89. The Bertz CT molecular complexity index is 603. The van der Waals surface area contributed by atoms with Gasteiger partial charge in [0.25, 0.3) is 0 Å². The first-order chi connectivity index (χ1) is 10.1. The summed E-state index contributed by atoms with van der Waals surface area (Å²) in [6.45, 7) is 1.97. The maximum absolute atomic E-state index is 12.0. The Labute approximate surface area is 144 Å². The van der Waals surface area contributed by atoms with Crippen molar-refractivity contribution in [2.45, 2.75) is 21.6 Å². The van der Waals surface area contributed by atoms with Crippen molar-refractivity contribution in [2.75, 3.05) is 12.0 Å². The molecule has 1 unspecified atom stereocenters. The molecule has 0 aliphatic heterocycles. The summed E-state index contributed by atoms with van der Waals surface area (Å²) in [4.78, 5) is 12.0. The number of carbonyl (C=O) groups excluding carboxylic acids is 1. The zero-order chi connectivity index (χ0) is 15.2. The van der Waals surface area contributed by atoms with Crippen molar-refractivity contribution < 1.29 is 4.79 Å². The lowest BCUT2D eigenvalue weighted by Crippen LogP contribution is -2.28. The molecule has 2 rings (SSSR count). The summed E-state index contributed by atoms with van der Waals surface area (Å²) in [6, 6.07) is 7.92. The van der Waals surface area contributed by atoms with Crippen molar-refractivity contribution in [3.8, 4) is 0 Å². The summed E-state index contributed by atoms with van der Waals surface area (Å²) in [5.41, 5.74) is 1.08. The van der Waals surface area contributed by atoms with Crippen LogP contribution in [0.4, 0.5) is 0 Å². The Hall–Kier alpha value is -0.570. The summed E-state index contributed by atoms with van der Waals surface area (Å²) in [6.07, 6.45) is 1.96. The summed E-state index contributed by atoms with van der Waals surface area (Å²) in [5, 5.41) is 11.0. The average Bonchev–Trinajstić information content (AvgIpc) is 2.94. The van der Waals surface area contributed by atoms with Crippen LogP contribution in [0.2, 0.25) is 0 Å². The first-order valence-corrected chi connectivity index (χ1v) is 9.95. The molecular weight excluding hydrogens is 390 g/mol. The third-order valence-corrected chi connectivity index (χ3v) is 6.20. The van der Waals surface area contributed by atoms with Gasteiger partial charge >= 0.3 is 0 Å². The summed E-state index contributed by atoms with van der Waals surface area (Å²) in [5.74, 6) is 0.348. The molecule has 0 saturated heterocycles. The summed E-state index contributed by atoms with van der Waals surface area (Å²) in [7, 11) is 0. The topological polar surface area (TPSA) is 54.9 Å². The van der Waals surface area contributed by atoms with Crippen LogP contribution >= 0.6 is 50.8 Å². The Morgan fingerprint density at radius 1 is 1.33 bits per heavy atom. The highest BCUT2D eigenvalue weighted by molar-refractivity contribution is 9.10. The minimum Gasteiger partial charge on any atom is -0.349 e. The largest absolute Gasteiger partial charge is 0.349 e. The van der Waals surface area contributed by atoms with E-state index in [0.29, 0.717) is 5.75 Å². The first-order valence-electron chi connectivity index (χ1n) is 6.13. The molecule has 0 saturated carbocycles. The maximum Gasteiger partial charge on any atom is 0.230 e. The fraction of sp³-hybridized carbons (Fsp3) is 0.308. The number of halogens is 1. The highest BCUT2D eigenvalue weighted by Crippen LogP contribution is 2.27. The van der Waals surface area contributed by atoms with Crippen LogP contribution in [-0.2, 0) is 4.79 Å². The minimum atomic E-state index is -0.0117. The highest BCUT2D eigenvalue weighted by atomic mass is 79.9. The van der Waals surface area contributed by atoms with Gasteiger partial charge < -0.3 is 5.32 Å². The molecule has 1 aromatic heterocycles. The number of hydrogen-bond donors (Lipinski definition) is 1. The smallest absolute Gasteiger partial charge is 0.230 e. The molecule has 1 aromatic carbocycles. The zero-order valence-electron chi connectivity index (χ0n) is 11.5. The molecule has 1 atom stereocenters. The van der Waals surface area contributed by atoms with Gasteiger partial charge in [0.1, 0.15) is 0 Å². The van der Waals surface area contributed by atoms with Gasteiger partial charge in [-0.3, -0.25) is 4.79 Å². The summed E-state index contributed by atoms with van der Waals surface area (Å²) < 4.78 is 2.77. The van der Waals surface area contributed by atoms with Crippen LogP contribution in [0.5, 0.6) is 0 Å². The normalized spacial score (nSPS) is 12.1. The van der Waals surface area contributed by atoms with Crippen LogP contribution in [0.15, 0.2) is 37.4 Å². The van der Waals surface area contributed by atoms with Crippen molar-refractivity contribution in [2.24, 2.45) is 0 Å². The SMILES string of the molecule is CSc1nnc(SCC(=O)NC(C)c2ccc(Br)cc2)s1. The standard InChI is InChI=1S/C13H14BrN3OS3/c1-8(9-3-5-10(14)6-4-9)15-11(18)7-20-13-17-16-12(19-2)21-13/h3-6,8H,7H2,1-2H3,(H,15,18). The van der Waals surface area contributed by atoms with Crippen molar-refractivity contribution >= 4 is 56.7 Å². The van der Waals surface area contributed by atoms with Crippen molar-refractivity contribution in [3.63, 3.8) is 0 Å². The lowest BCUT2D eigenvalue weighted by molar-refractivity contribution is -0.119. The number of nitrogens with zero attached hydrogens (tertiary/aromatic N) is 2. The molecule has 4 nitrogen and oxygen atoms in total. The third kappa shape index (κ3) is 5.28. The second kappa shape index (κ2) is 8.17. The fourth-order valence-electron chi connectivity index (χ4n) is 1.58. The lowest BCUT2D eigenvalue weighted by Gasteiger charge is -2.14. The van der Waals surface area contributed by atoms with Crippen LogP contribution in [0.1, 0.15) is 18.5 Å². The van der Waals surface area contributed by atoms with Crippen LogP contribution in [0.3, 0.4) is 0 Å². The van der Waals surface area contributed by atoms with E-state index in [1.165, 1.54) is 23.1 Å². The average molecular weight is 404 g/mol. The van der Waals surface area contributed by atoms with Crippen LogP contribution in [0.25, 0.3) is 0 Å². The molecule has 1 N–H and O–H groups in total. The van der Waals surface area contributed by atoms with Crippen molar-refractivity contribution in [1.29, 1.82) is 0 Å². The van der Waals surface area contributed by atoms with E-state index < -0.39 is 0 Å². The van der Waals surface area contributed by atoms with E-state index in [9.17, 15) is 4.79 Å². The van der Waals surface area contributed by atoms with Gasteiger partial charge in [0.2, 0.25) is 5.91 Å². The minimum absolute atomic E-state index is 0.00341. The number of thioether (sulfide) groups is 2. The number of nitrogens with one attached hydrogen (secondary N) is 1. The van der Waals surface area contributed by atoms with Crippen LogP contribution in [-0.4, -0.2) is 28.1 Å². The van der Waals surface area contributed by atoms with Gasteiger partial charge in [-0.05, 0) is 30.9 Å². The molecule has 2 aromatic rings. The van der Waals surface area contributed by atoms with Gasteiger partial charge in [-0.1, -0.05) is 62.9 Å². The number of carbonyl (C=O) groups is 1. The highest BCUT2D eigenvalue weighted by Gasteiger charge is 2.11. The van der Waals surface area contributed by atoms with E-state index in [0.717, 1.165) is 18.7 Å². The molecule has 0 aliphatic carbocycles. The molecule has 0 spiro atoms. The molecule has 0 bridgehead atoms. The number of benzene rings is 1. The van der Waals surface area contributed by atoms with Gasteiger partial charge in [-0.25, -0.2) is 0 Å². The second-order valence-corrected chi connectivity index (χ2v) is 8.34. The van der Waals surface area contributed by atoms with Gasteiger partial charge in [0.05, 0.1) is 11.8 Å². The Balaban J connectivity index is 1.82. The van der Waals surface area contributed by atoms with Gasteiger partial charge in [-0.2, -0.15) is 0 Å². The van der Waals surface area contributed by atoms with Crippen LogP contribution in [0, 0.1) is 0 Å². The van der Waals surface area contributed by atoms with E-state index in [1.54, 1.807) is 11.8 Å². The van der Waals surface area contributed by atoms with Crippen molar-refractivity contribution in [1.82, 2.24) is 15.5 Å². The van der Waals surface area contributed by atoms with E-state index in [4.69, 9.17) is 0 Å². The third-order valence-electron chi connectivity index (χ3n) is 2.64. The first kappa shape index (κ1) is 16.8. The van der Waals surface area contributed by atoms with E-state index >= 15 is 0 Å².